The summed E-state index contributed by atoms with van der Waals surface area (Å²) in [4.78, 5) is 0. The van der Waals surface area contributed by atoms with Gasteiger partial charge in [-0.25, -0.2) is 0 Å². The van der Waals surface area contributed by atoms with Crippen LogP contribution in [0.2, 0.25) is 5.02 Å². The predicted molar refractivity (Wildman–Crippen MR) is 86.5 cm³/mol. The summed E-state index contributed by atoms with van der Waals surface area (Å²) in [5.41, 5.74) is 1.14. The molecule has 0 spiro atoms. The van der Waals surface area contributed by atoms with E-state index in [2.05, 4.69) is 31.5 Å². The second-order valence-electron chi connectivity index (χ2n) is 4.95. The van der Waals surface area contributed by atoms with Crippen molar-refractivity contribution in [3.05, 3.63) is 28.8 Å². The summed E-state index contributed by atoms with van der Waals surface area (Å²) < 4.78 is 5.84. The molecule has 108 valence electrons. The smallest absolute Gasteiger partial charge is 0.142 e. The topological polar surface area (TPSA) is 21.3 Å². The van der Waals surface area contributed by atoms with Gasteiger partial charge < -0.3 is 10.1 Å². The Balaban J connectivity index is 2.56. The lowest BCUT2D eigenvalue weighted by atomic mass is 10.2. The first-order valence-corrected chi connectivity index (χ1v) is 8.52. The average molecular weight is 302 g/mol. The van der Waals surface area contributed by atoms with Crippen LogP contribution < -0.4 is 10.1 Å². The van der Waals surface area contributed by atoms with Crippen LogP contribution in [-0.2, 0) is 6.54 Å². The number of halogens is 1. The maximum atomic E-state index is 6.23. The van der Waals surface area contributed by atoms with E-state index in [-0.39, 0.29) is 0 Å². The van der Waals surface area contributed by atoms with Crippen molar-refractivity contribution in [2.45, 2.75) is 26.8 Å². The zero-order valence-electron chi connectivity index (χ0n) is 12.0. The van der Waals surface area contributed by atoms with Crippen LogP contribution in [0.25, 0.3) is 0 Å². The number of benzene rings is 1. The molecule has 0 fully saturated rings. The molecule has 1 rings (SSSR count). The molecule has 0 aliphatic heterocycles. The number of rotatable bonds is 9. The molecule has 0 radical (unpaired) electrons. The van der Waals surface area contributed by atoms with Gasteiger partial charge in [0, 0.05) is 12.1 Å². The lowest BCUT2D eigenvalue weighted by molar-refractivity contribution is 0.314. The second kappa shape index (κ2) is 9.51. The van der Waals surface area contributed by atoms with Gasteiger partial charge in [-0.05, 0) is 37.0 Å². The molecule has 0 bridgehead atoms. The first-order valence-electron chi connectivity index (χ1n) is 6.75. The Hall–Kier alpha value is -0.380. The molecule has 2 nitrogen and oxygen atoms in total. The number of nitrogens with one attached hydrogen (secondary N) is 1. The fourth-order valence-electron chi connectivity index (χ4n) is 1.73. The Labute approximate surface area is 126 Å². The van der Waals surface area contributed by atoms with E-state index >= 15 is 0 Å². The maximum absolute atomic E-state index is 6.23. The minimum atomic E-state index is 0.644. The minimum Gasteiger partial charge on any atom is -0.492 e. The SMILES string of the molecule is CSCCCOc1c(Cl)cccc1CNCC(C)C. The Morgan fingerprint density at radius 1 is 1.37 bits per heavy atom. The van der Waals surface area contributed by atoms with E-state index in [1.807, 2.05) is 23.9 Å². The van der Waals surface area contributed by atoms with Crippen LogP contribution in [0, 0.1) is 5.92 Å². The van der Waals surface area contributed by atoms with Gasteiger partial charge in [-0.3, -0.25) is 0 Å². The molecule has 0 saturated carbocycles. The summed E-state index contributed by atoms with van der Waals surface area (Å²) in [6.07, 6.45) is 3.15. The summed E-state index contributed by atoms with van der Waals surface area (Å²) in [7, 11) is 0. The molecular weight excluding hydrogens is 278 g/mol. The zero-order valence-corrected chi connectivity index (χ0v) is 13.6. The quantitative estimate of drug-likeness (QED) is 0.690. The fourth-order valence-corrected chi connectivity index (χ4v) is 2.38. The van der Waals surface area contributed by atoms with E-state index < -0.39 is 0 Å². The van der Waals surface area contributed by atoms with Crippen molar-refractivity contribution in [2.75, 3.05) is 25.2 Å². The van der Waals surface area contributed by atoms with Gasteiger partial charge in [0.1, 0.15) is 5.75 Å². The van der Waals surface area contributed by atoms with Crippen LogP contribution in [0.15, 0.2) is 18.2 Å². The van der Waals surface area contributed by atoms with Crippen molar-refractivity contribution in [2.24, 2.45) is 5.92 Å². The maximum Gasteiger partial charge on any atom is 0.142 e. The molecular formula is C15H24ClNOS. The normalized spacial score (nSPS) is 11.0. The third-order valence-corrected chi connectivity index (χ3v) is 3.65. The average Bonchev–Trinajstić information content (AvgIpc) is 2.36. The van der Waals surface area contributed by atoms with E-state index in [4.69, 9.17) is 16.3 Å². The van der Waals surface area contributed by atoms with Crippen molar-refractivity contribution in [1.82, 2.24) is 5.32 Å². The summed E-state index contributed by atoms with van der Waals surface area (Å²) in [6.45, 7) is 6.92. The molecule has 1 N–H and O–H groups in total. The second-order valence-corrected chi connectivity index (χ2v) is 6.34. The monoisotopic (exact) mass is 301 g/mol. The highest BCUT2D eigenvalue weighted by molar-refractivity contribution is 7.98. The van der Waals surface area contributed by atoms with Crippen LogP contribution in [0.1, 0.15) is 25.8 Å². The van der Waals surface area contributed by atoms with E-state index in [9.17, 15) is 0 Å². The molecule has 0 atom stereocenters. The van der Waals surface area contributed by atoms with Crippen molar-refractivity contribution in [3.63, 3.8) is 0 Å². The van der Waals surface area contributed by atoms with Gasteiger partial charge in [-0.15, -0.1) is 0 Å². The summed E-state index contributed by atoms with van der Waals surface area (Å²) >= 11 is 8.06. The molecule has 0 unspecified atom stereocenters. The van der Waals surface area contributed by atoms with E-state index in [1.165, 1.54) is 0 Å². The van der Waals surface area contributed by atoms with Crippen molar-refractivity contribution in [3.8, 4) is 5.75 Å². The highest BCUT2D eigenvalue weighted by Gasteiger charge is 2.08. The van der Waals surface area contributed by atoms with Gasteiger partial charge in [0.25, 0.3) is 0 Å². The highest BCUT2D eigenvalue weighted by Crippen LogP contribution is 2.28. The van der Waals surface area contributed by atoms with Crippen LogP contribution in [0.4, 0.5) is 0 Å². The Morgan fingerprint density at radius 2 is 2.16 bits per heavy atom. The molecule has 0 saturated heterocycles. The highest BCUT2D eigenvalue weighted by atomic mass is 35.5. The minimum absolute atomic E-state index is 0.644. The van der Waals surface area contributed by atoms with Crippen LogP contribution in [0.5, 0.6) is 5.75 Å². The summed E-state index contributed by atoms with van der Waals surface area (Å²) in [5.74, 6) is 2.59. The fraction of sp³-hybridized carbons (Fsp3) is 0.600. The van der Waals surface area contributed by atoms with Crippen LogP contribution in [0.3, 0.4) is 0 Å². The number of para-hydroxylation sites is 1. The number of hydrogen-bond acceptors (Lipinski definition) is 3. The summed E-state index contributed by atoms with van der Waals surface area (Å²) in [6, 6.07) is 5.93. The zero-order chi connectivity index (χ0) is 14.1. The van der Waals surface area contributed by atoms with Crippen LogP contribution >= 0.6 is 23.4 Å². The molecule has 0 amide bonds. The lowest BCUT2D eigenvalue weighted by Crippen LogP contribution is -2.19. The van der Waals surface area contributed by atoms with Gasteiger partial charge in [-0.2, -0.15) is 11.8 Å². The van der Waals surface area contributed by atoms with Gasteiger partial charge in [0.2, 0.25) is 0 Å². The standard InChI is InChI=1S/C15H24ClNOS/c1-12(2)10-17-11-13-6-4-7-14(16)15(13)18-8-5-9-19-3/h4,6-7,12,17H,5,8-11H2,1-3H3. The first-order chi connectivity index (χ1) is 9.15. The van der Waals surface area contributed by atoms with Gasteiger partial charge in [0.05, 0.1) is 11.6 Å². The molecule has 0 aliphatic rings. The van der Waals surface area contributed by atoms with Gasteiger partial charge in [-0.1, -0.05) is 37.6 Å². The third kappa shape index (κ3) is 6.55. The lowest BCUT2D eigenvalue weighted by Gasteiger charge is -2.14. The Morgan fingerprint density at radius 3 is 2.84 bits per heavy atom. The van der Waals surface area contributed by atoms with Gasteiger partial charge in [0.15, 0.2) is 0 Å². The van der Waals surface area contributed by atoms with E-state index in [0.29, 0.717) is 10.9 Å². The van der Waals surface area contributed by atoms with Crippen molar-refractivity contribution < 1.29 is 4.74 Å². The number of thioether (sulfide) groups is 1. The molecule has 1 aromatic rings. The predicted octanol–water partition coefficient (Wildman–Crippen LogP) is 4.22. The molecule has 19 heavy (non-hydrogen) atoms. The first kappa shape index (κ1) is 16.7. The van der Waals surface area contributed by atoms with Gasteiger partial charge >= 0.3 is 0 Å². The number of ether oxygens (including phenoxy) is 1. The molecule has 4 heteroatoms. The van der Waals surface area contributed by atoms with E-state index in [1.54, 1.807) is 0 Å². The molecule has 0 aromatic heterocycles. The molecule has 1 aromatic carbocycles. The summed E-state index contributed by atoms with van der Waals surface area (Å²) in [5, 5.41) is 4.13. The number of hydrogen-bond donors (Lipinski definition) is 1. The molecule has 0 heterocycles. The van der Waals surface area contributed by atoms with Crippen LogP contribution in [-0.4, -0.2) is 25.2 Å². The Bertz CT molecular complexity index is 371. The third-order valence-electron chi connectivity index (χ3n) is 2.66. The van der Waals surface area contributed by atoms with E-state index in [0.717, 1.165) is 43.2 Å². The van der Waals surface area contributed by atoms with Crippen molar-refractivity contribution in [1.29, 1.82) is 0 Å². The van der Waals surface area contributed by atoms with Crippen molar-refractivity contribution >= 4 is 23.4 Å². The Kier molecular flexibility index (Phi) is 8.35. The molecule has 0 aliphatic carbocycles. The largest absolute Gasteiger partial charge is 0.492 e.